The molecule has 1 heterocycles. The molecule has 0 saturated heterocycles. The summed E-state index contributed by atoms with van der Waals surface area (Å²) in [5.74, 6) is -0.211. The Hall–Kier alpha value is -1.81. The lowest BCUT2D eigenvalue weighted by Gasteiger charge is -2.09. The smallest absolute Gasteiger partial charge is 0.123 e. The third kappa shape index (κ3) is 2.96. The van der Waals surface area contributed by atoms with Gasteiger partial charge >= 0.3 is 0 Å². The van der Waals surface area contributed by atoms with E-state index in [4.69, 9.17) is 0 Å². The van der Waals surface area contributed by atoms with Gasteiger partial charge in [-0.2, -0.15) is 5.10 Å². The Bertz CT molecular complexity index is 581. The fraction of sp³-hybridized carbons (Fsp3) is 0.133. The van der Waals surface area contributed by atoms with Gasteiger partial charge in [0, 0.05) is 6.42 Å². The Morgan fingerprint density at radius 2 is 1.79 bits per heavy atom. The third-order valence-electron chi connectivity index (χ3n) is 2.93. The molecule has 1 aliphatic rings. The molecular formula is C15H13FN2S. The maximum absolute atomic E-state index is 12.9. The van der Waals surface area contributed by atoms with Crippen molar-refractivity contribution in [3.63, 3.8) is 0 Å². The van der Waals surface area contributed by atoms with Gasteiger partial charge in [0.25, 0.3) is 0 Å². The summed E-state index contributed by atoms with van der Waals surface area (Å²) >= 11 is 1.68. The summed E-state index contributed by atoms with van der Waals surface area (Å²) in [7, 11) is 0. The standard InChI is InChI=1S/C15H13FN2S/c16-13-8-6-12(7-9-13)15-18-17-14(19-15)10-11-4-2-1-3-5-11/h1-9,15,18H,10H2/t15-/m0/s1. The molecule has 1 atom stereocenters. The Morgan fingerprint density at radius 3 is 2.53 bits per heavy atom. The second-order valence-corrected chi connectivity index (χ2v) is 5.52. The molecule has 1 aliphatic heterocycles. The van der Waals surface area contributed by atoms with Gasteiger partial charge in [-0.25, -0.2) is 4.39 Å². The van der Waals surface area contributed by atoms with Gasteiger partial charge in [0.05, 0.1) is 5.04 Å². The largest absolute Gasteiger partial charge is 0.291 e. The lowest BCUT2D eigenvalue weighted by Crippen LogP contribution is -2.06. The lowest BCUT2D eigenvalue weighted by atomic mass is 10.2. The van der Waals surface area contributed by atoms with Crippen LogP contribution >= 0.6 is 11.8 Å². The summed E-state index contributed by atoms with van der Waals surface area (Å²) in [5, 5.41) is 5.49. The SMILES string of the molecule is Fc1ccc([C@H]2NN=C(Cc3ccccc3)S2)cc1. The number of hydrogen-bond donors (Lipinski definition) is 1. The van der Waals surface area contributed by atoms with Crippen LogP contribution in [0.5, 0.6) is 0 Å². The summed E-state index contributed by atoms with van der Waals surface area (Å²) in [6.45, 7) is 0. The molecule has 0 aliphatic carbocycles. The molecule has 3 rings (SSSR count). The third-order valence-corrected chi connectivity index (χ3v) is 4.05. The second kappa shape index (κ2) is 5.45. The molecule has 2 aromatic rings. The quantitative estimate of drug-likeness (QED) is 0.921. The van der Waals surface area contributed by atoms with Crippen molar-refractivity contribution >= 4 is 16.8 Å². The van der Waals surface area contributed by atoms with Crippen LogP contribution in [0.15, 0.2) is 59.7 Å². The molecule has 0 aromatic heterocycles. The molecular weight excluding hydrogens is 259 g/mol. The van der Waals surface area contributed by atoms with Crippen LogP contribution < -0.4 is 5.43 Å². The van der Waals surface area contributed by atoms with Crippen molar-refractivity contribution in [1.82, 2.24) is 5.43 Å². The number of hydrogen-bond acceptors (Lipinski definition) is 3. The molecule has 1 N–H and O–H groups in total. The number of rotatable bonds is 3. The van der Waals surface area contributed by atoms with E-state index in [-0.39, 0.29) is 11.2 Å². The highest BCUT2D eigenvalue weighted by molar-refractivity contribution is 8.14. The van der Waals surface area contributed by atoms with Crippen LogP contribution in [-0.4, -0.2) is 5.04 Å². The van der Waals surface area contributed by atoms with Gasteiger partial charge in [0.15, 0.2) is 0 Å². The first-order chi connectivity index (χ1) is 9.31. The van der Waals surface area contributed by atoms with E-state index >= 15 is 0 Å². The molecule has 4 heteroatoms. The average Bonchev–Trinajstić information content (AvgIpc) is 2.89. The molecule has 19 heavy (non-hydrogen) atoms. The van der Waals surface area contributed by atoms with Crippen molar-refractivity contribution in [2.75, 3.05) is 0 Å². The Labute approximate surface area is 115 Å². The zero-order chi connectivity index (χ0) is 13.1. The predicted octanol–water partition coefficient (Wildman–Crippen LogP) is 3.72. The molecule has 0 spiro atoms. The van der Waals surface area contributed by atoms with Gasteiger partial charge in [0.2, 0.25) is 0 Å². The van der Waals surface area contributed by atoms with E-state index in [0.29, 0.717) is 0 Å². The molecule has 0 saturated carbocycles. The predicted molar refractivity (Wildman–Crippen MR) is 77.4 cm³/mol. The minimum atomic E-state index is -0.211. The number of benzene rings is 2. The maximum atomic E-state index is 12.9. The monoisotopic (exact) mass is 272 g/mol. The van der Waals surface area contributed by atoms with Gasteiger partial charge in [-0.3, -0.25) is 5.43 Å². The van der Waals surface area contributed by atoms with Crippen LogP contribution in [0.25, 0.3) is 0 Å². The van der Waals surface area contributed by atoms with E-state index in [0.717, 1.165) is 17.0 Å². The lowest BCUT2D eigenvalue weighted by molar-refractivity contribution is 0.625. The summed E-state index contributed by atoms with van der Waals surface area (Å²) in [6.07, 6.45) is 0.830. The van der Waals surface area contributed by atoms with E-state index < -0.39 is 0 Å². The van der Waals surface area contributed by atoms with E-state index in [1.54, 1.807) is 23.9 Å². The van der Waals surface area contributed by atoms with Crippen molar-refractivity contribution < 1.29 is 4.39 Å². The molecule has 0 radical (unpaired) electrons. The van der Waals surface area contributed by atoms with Gasteiger partial charge < -0.3 is 0 Å². The van der Waals surface area contributed by atoms with Gasteiger partial charge in [-0.15, -0.1) is 0 Å². The number of hydrazone groups is 1. The van der Waals surface area contributed by atoms with Crippen LogP contribution in [-0.2, 0) is 6.42 Å². The van der Waals surface area contributed by atoms with Crippen molar-refractivity contribution in [1.29, 1.82) is 0 Å². The van der Waals surface area contributed by atoms with Gasteiger partial charge in [0.1, 0.15) is 11.2 Å². The van der Waals surface area contributed by atoms with E-state index in [2.05, 4.69) is 22.7 Å². The highest BCUT2D eigenvalue weighted by Gasteiger charge is 2.20. The first kappa shape index (κ1) is 12.2. The van der Waals surface area contributed by atoms with Crippen molar-refractivity contribution in [3.8, 4) is 0 Å². The summed E-state index contributed by atoms with van der Waals surface area (Å²) < 4.78 is 12.9. The zero-order valence-corrected chi connectivity index (χ0v) is 11.0. The zero-order valence-electron chi connectivity index (χ0n) is 10.2. The van der Waals surface area contributed by atoms with E-state index in [9.17, 15) is 4.39 Å². The summed E-state index contributed by atoms with van der Waals surface area (Å²) in [5.41, 5.74) is 5.38. The number of nitrogens with one attached hydrogen (secondary N) is 1. The normalized spacial score (nSPS) is 17.9. The average molecular weight is 272 g/mol. The molecule has 0 bridgehead atoms. The molecule has 0 unspecified atom stereocenters. The highest BCUT2D eigenvalue weighted by atomic mass is 32.2. The number of nitrogens with zero attached hydrogens (tertiary/aromatic N) is 1. The fourth-order valence-corrected chi connectivity index (χ4v) is 2.98. The van der Waals surface area contributed by atoms with Crippen LogP contribution in [0.3, 0.4) is 0 Å². The molecule has 96 valence electrons. The van der Waals surface area contributed by atoms with Crippen LogP contribution in [0.1, 0.15) is 16.5 Å². The van der Waals surface area contributed by atoms with Crippen LogP contribution in [0.2, 0.25) is 0 Å². The first-order valence-corrected chi connectivity index (χ1v) is 6.97. The number of thioether (sulfide) groups is 1. The van der Waals surface area contributed by atoms with Crippen LogP contribution in [0, 0.1) is 5.82 Å². The Morgan fingerprint density at radius 1 is 1.05 bits per heavy atom. The fourth-order valence-electron chi connectivity index (χ4n) is 1.95. The van der Waals surface area contributed by atoms with Crippen molar-refractivity contribution in [2.45, 2.75) is 11.8 Å². The minimum absolute atomic E-state index is 0.0827. The van der Waals surface area contributed by atoms with Crippen molar-refractivity contribution in [3.05, 3.63) is 71.5 Å². The molecule has 2 aromatic carbocycles. The highest BCUT2D eigenvalue weighted by Crippen LogP contribution is 2.32. The number of halogens is 1. The first-order valence-electron chi connectivity index (χ1n) is 6.09. The second-order valence-electron chi connectivity index (χ2n) is 4.35. The summed E-state index contributed by atoms with van der Waals surface area (Å²) in [4.78, 5) is 0. The van der Waals surface area contributed by atoms with E-state index in [1.807, 2.05) is 18.2 Å². The Balaban J connectivity index is 1.65. The molecule has 0 fully saturated rings. The van der Waals surface area contributed by atoms with Crippen LogP contribution in [0.4, 0.5) is 4.39 Å². The summed E-state index contributed by atoms with van der Waals surface area (Å²) in [6, 6.07) is 16.8. The molecule has 2 nitrogen and oxygen atoms in total. The minimum Gasteiger partial charge on any atom is -0.291 e. The maximum Gasteiger partial charge on any atom is 0.123 e. The Kier molecular flexibility index (Phi) is 3.51. The van der Waals surface area contributed by atoms with Crippen molar-refractivity contribution in [2.24, 2.45) is 5.10 Å². The van der Waals surface area contributed by atoms with Gasteiger partial charge in [-0.05, 0) is 23.3 Å². The van der Waals surface area contributed by atoms with Gasteiger partial charge in [-0.1, -0.05) is 54.2 Å². The topological polar surface area (TPSA) is 24.4 Å². The van der Waals surface area contributed by atoms with E-state index in [1.165, 1.54) is 17.7 Å². The molecule has 0 amide bonds.